The molecule has 1 aromatic carbocycles. The Morgan fingerprint density at radius 1 is 1.00 bits per heavy atom. The van der Waals surface area contributed by atoms with E-state index in [2.05, 4.69) is 19.9 Å². The molecule has 0 saturated heterocycles. The van der Waals surface area contributed by atoms with Gasteiger partial charge in [0.2, 0.25) is 0 Å². The number of nitrogen functional groups attached to an aromatic ring is 1. The maximum absolute atomic E-state index is 9.51. The standard InChI is InChI=1S/C14H10ClN5O/c15-10-3-8(1-2-11(10)21)13-14(20-12(16)6-19-13)9-4-17-7-18-5-9/h1-7,21H,(H2,16,20). The van der Waals surface area contributed by atoms with E-state index in [1.165, 1.54) is 18.6 Å². The molecule has 0 aliphatic heterocycles. The minimum atomic E-state index is 0.00779. The van der Waals surface area contributed by atoms with Crippen LogP contribution in [0.3, 0.4) is 0 Å². The van der Waals surface area contributed by atoms with Crippen molar-refractivity contribution in [2.24, 2.45) is 0 Å². The van der Waals surface area contributed by atoms with Crippen molar-refractivity contribution in [2.75, 3.05) is 5.73 Å². The SMILES string of the molecule is Nc1cnc(-c2ccc(O)c(Cl)c2)c(-c2cncnc2)n1. The van der Waals surface area contributed by atoms with Crippen molar-refractivity contribution >= 4 is 17.4 Å². The van der Waals surface area contributed by atoms with Gasteiger partial charge < -0.3 is 10.8 Å². The topological polar surface area (TPSA) is 97.8 Å². The summed E-state index contributed by atoms with van der Waals surface area (Å²) >= 11 is 5.95. The van der Waals surface area contributed by atoms with Gasteiger partial charge in [-0.3, -0.25) is 4.98 Å². The molecule has 3 aromatic rings. The Labute approximate surface area is 125 Å². The lowest BCUT2D eigenvalue weighted by Crippen LogP contribution is -1.98. The Bertz CT molecular complexity index is 795. The second kappa shape index (κ2) is 5.34. The van der Waals surface area contributed by atoms with E-state index in [1.54, 1.807) is 24.5 Å². The molecule has 104 valence electrons. The van der Waals surface area contributed by atoms with Crippen LogP contribution in [0.4, 0.5) is 5.82 Å². The monoisotopic (exact) mass is 299 g/mol. The molecule has 21 heavy (non-hydrogen) atoms. The van der Waals surface area contributed by atoms with Crippen molar-refractivity contribution < 1.29 is 5.11 Å². The highest BCUT2D eigenvalue weighted by molar-refractivity contribution is 6.32. The number of nitrogens with two attached hydrogens (primary N) is 1. The first-order valence-electron chi connectivity index (χ1n) is 6.02. The lowest BCUT2D eigenvalue weighted by molar-refractivity contribution is 0.475. The molecule has 3 N–H and O–H groups in total. The predicted octanol–water partition coefficient (Wildman–Crippen LogP) is 2.54. The lowest BCUT2D eigenvalue weighted by Gasteiger charge is -2.09. The van der Waals surface area contributed by atoms with Gasteiger partial charge in [0.1, 0.15) is 23.6 Å². The Morgan fingerprint density at radius 2 is 1.76 bits per heavy atom. The lowest BCUT2D eigenvalue weighted by atomic mass is 10.1. The van der Waals surface area contributed by atoms with Gasteiger partial charge in [-0.1, -0.05) is 11.6 Å². The van der Waals surface area contributed by atoms with Gasteiger partial charge in [0, 0.05) is 23.5 Å². The summed E-state index contributed by atoms with van der Waals surface area (Å²) in [7, 11) is 0. The Morgan fingerprint density at radius 3 is 2.48 bits per heavy atom. The zero-order valence-electron chi connectivity index (χ0n) is 10.7. The molecule has 7 heteroatoms. The summed E-state index contributed by atoms with van der Waals surface area (Å²) in [5, 5.41) is 9.75. The van der Waals surface area contributed by atoms with E-state index in [1.807, 2.05) is 0 Å². The molecule has 3 rings (SSSR count). The van der Waals surface area contributed by atoms with Crippen LogP contribution < -0.4 is 5.73 Å². The fourth-order valence-corrected chi connectivity index (χ4v) is 2.07. The molecule has 2 aromatic heterocycles. The van der Waals surface area contributed by atoms with E-state index >= 15 is 0 Å². The van der Waals surface area contributed by atoms with Gasteiger partial charge in [0.15, 0.2) is 0 Å². The Balaban J connectivity index is 2.21. The van der Waals surface area contributed by atoms with E-state index in [9.17, 15) is 5.11 Å². The van der Waals surface area contributed by atoms with Crippen molar-refractivity contribution in [3.8, 4) is 28.3 Å². The van der Waals surface area contributed by atoms with Crippen LogP contribution in [0.1, 0.15) is 0 Å². The van der Waals surface area contributed by atoms with Gasteiger partial charge in [-0.25, -0.2) is 15.0 Å². The van der Waals surface area contributed by atoms with Crippen molar-refractivity contribution in [3.63, 3.8) is 0 Å². The van der Waals surface area contributed by atoms with Gasteiger partial charge >= 0.3 is 0 Å². The minimum absolute atomic E-state index is 0.00779. The summed E-state index contributed by atoms with van der Waals surface area (Å²) in [6.07, 6.45) is 6.15. The molecule has 0 unspecified atom stereocenters. The van der Waals surface area contributed by atoms with Gasteiger partial charge in [0.25, 0.3) is 0 Å². The van der Waals surface area contributed by atoms with Crippen molar-refractivity contribution in [2.45, 2.75) is 0 Å². The molecular formula is C14H10ClN5O. The first-order valence-corrected chi connectivity index (χ1v) is 6.40. The number of hydrogen-bond donors (Lipinski definition) is 2. The molecule has 0 bridgehead atoms. The van der Waals surface area contributed by atoms with Crippen molar-refractivity contribution in [3.05, 3.63) is 48.1 Å². The smallest absolute Gasteiger partial charge is 0.142 e. The zero-order chi connectivity index (χ0) is 14.8. The first-order chi connectivity index (χ1) is 10.1. The average molecular weight is 300 g/mol. The molecule has 0 radical (unpaired) electrons. The van der Waals surface area contributed by atoms with E-state index in [0.29, 0.717) is 28.3 Å². The molecule has 0 saturated carbocycles. The quantitative estimate of drug-likeness (QED) is 0.754. The van der Waals surface area contributed by atoms with Crippen LogP contribution in [-0.4, -0.2) is 25.0 Å². The Kier molecular flexibility index (Phi) is 3.37. The van der Waals surface area contributed by atoms with Crippen LogP contribution in [-0.2, 0) is 0 Å². The van der Waals surface area contributed by atoms with Crippen molar-refractivity contribution in [1.82, 2.24) is 19.9 Å². The molecule has 0 atom stereocenters. The molecule has 0 spiro atoms. The number of nitrogens with zero attached hydrogens (tertiary/aromatic N) is 4. The molecule has 6 nitrogen and oxygen atoms in total. The van der Waals surface area contributed by atoms with Gasteiger partial charge in [0.05, 0.1) is 16.9 Å². The summed E-state index contributed by atoms with van der Waals surface area (Å²) in [6, 6.07) is 4.82. The fourth-order valence-electron chi connectivity index (χ4n) is 1.89. The second-order valence-corrected chi connectivity index (χ2v) is 4.69. The summed E-state index contributed by atoms with van der Waals surface area (Å²) in [6.45, 7) is 0. The van der Waals surface area contributed by atoms with Crippen LogP contribution in [0, 0.1) is 0 Å². The van der Waals surface area contributed by atoms with E-state index in [0.717, 1.165) is 0 Å². The summed E-state index contributed by atoms with van der Waals surface area (Å²) in [5.41, 5.74) is 8.26. The molecular weight excluding hydrogens is 290 g/mol. The van der Waals surface area contributed by atoms with E-state index in [-0.39, 0.29) is 10.8 Å². The second-order valence-electron chi connectivity index (χ2n) is 4.29. The highest BCUT2D eigenvalue weighted by Gasteiger charge is 2.13. The van der Waals surface area contributed by atoms with Crippen molar-refractivity contribution in [1.29, 1.82) is 0 Å². The van der Waals surface area contributed by atoms with Crippen LogP contribution >= 0.6 is 11.6 Å². The number of anilines is 1. The third-order valence-corrected chi connectivity index (χ3v) is 3.15. The maximum atomic E-state index is 9.51. The third kappa shape index (κ3) is 2.61. The molecule has 0 fully saturated rings. The first kappa shape index (κ1) is 13.3. The maximum Gasteiger partial charge on any atom is 0.142 e. The number of aromatic nitrogens is 4. The van der Waals surface area contributed by atoms with Crippen LogP contribution in [0.5, 0.6) is 5.75 Å². The summed E-state index contributed by atoms with van der Waals surface area (Å²) in [4.78, 5) is 16.6. The number of rotatable bonds is 2. The van der Waals surface area contributed by atoms with Gasteiger partial charge in [-0.15, -0.1) is 0 Å². The zero-order valence-corrected chi connectivity index (χ0v) is 11.5. The number of halogens is 1. The number of aromatic hydroxyl groups is 1. The number of benzene rings is 1. The van der Waals surface area contributed by atoms with Gasteiger partial charge in [-0.05, 0) is 18.2 Å². The minimum Gasteiger partial charge on any atom is -0.506 e. The predicted molar refractivity (Wildman–Crippen MR) is 79.6 cm³/mol. The molecule has 2 heterocycles. The highest BCUT2D eigenvalue weighted by Crippen LogP contribution is 2.33. The van der Waals surface area contributed by atoms with Crippen LogP contribution in [0.25, 0.3) is 22.5 Å². The van der Waals surface area contributed by atoms with Crippen LogP contribution in [0.15, 0.2) is 43.1 Å². The van der Waals surface area contributed by atoms with Gasteiger partial charge in [-0.2, -0.15) is 0 Å². The molecule has 0 aliphatic carbocycles. The largest absolute Gasteiger partial charge is 0.506 e. The molecule has 0 amide bonds. The fraction of sp³-hybridized carbons (Fsp3) is 0. The third-order valence-electron chi connectivity index (χ3n) is 2.85. The summed E-state index contributed by atoms with van der Waals surface area (Å²) < 4.78 is 0. The van der Waals surface area contributed by atoms with Crippen LogP contribution in [0.2, 0.25) is 5.02 Å². The van der Waals surface area contributed by atoms with E-state index in [4.69, 9.17) is 17.3 Å². The molecule has 0 aliphatic rings. The number of phenols is 1. The average Bonchev–Trinajstić information content (AvgIpc) is 2.51. The normalized spacial score (nSPS) is 10.5. The number of hydrogen-bond acceptors (Lipinski definition) is 6. The summed E-state index contributed by atoms with van der Waals surface area (Å²) in [5.74, 6) is 0.302. The Hall–Kier alpha value is -2.73. The van der Waals surface area contributed by atoms with E-state index < -0.39 is 0 Å². The number of phenolic OH excluding ortho intramolecular Hbond substituents is 1. The highest BCUT2D eigenvalue weighted by atomic mass is 35.5.